The lowest BCUT2D eigenvalue weighted by Crippen LogP contribution is -2.32. The van der Waals surface area contributed by atoms with E-state index in [4.69, 9.17) is 0 Å². The molecular formula is C15H19N3O3. The van der Waals surface area contributed by atoms with E-state index in [1.54, 1.807) is 19.1 Å². The maximum absolute atomic E-state index is 12.4. The molecular weight excluding hydrogens is 270 g/mol. The van der Waals surface area contributed by atoms with Crippen LogP contribution in [0, 0.1) is 17.0 Å². The average Bonchev–Trinajstić information content (AvgIpc) is 3.23. The summed E-state index contributed by atoms with van der Waals surface area (Å²) in [4.78, 5) is 25.0. The Hall–Kier alpha value is -1.95. The second kappa shape index (κ2) is 5.11. The van der Waals surface area contributed by atoms with Gasteiger partial charge in [-0.3, -0.25) is 20.2 Å². The third-order valence-corrected chi connectivity index (χ3v) is 4.28. The van der Waals surface area contributed by atoms with Gasteiger partial charge >= 0.3 is 0 Å². The van der Waals surface area contributed by atoms with Gasteiger partial charge in [-0.2, -0.15) is 0 Å². The summed E-state index contributed by atoms with van der Waals surface area (Å²) >= 11 is 0. The van der Waals surface area contributed by atoms with E-state index in [1.165, 1.54) is 0 Å². The fraction of sp³-hybridized carbons (Fsp3) is 0.533. The highest BCUT2D eigenvalue weighted by Gasteiger charge is 2.46. The first-order chi connectivity index (χ1) is 10.0. The zero-order valence-corrected chi connectivity index (χ0v) is 12.2. The van der Waals surface area contributed by atoms with Crippen LogP contribution >= 0.6 is 0 Å². The van der Waals surface area contributed by atoms with Gasteiger partial charge in [0.05, 0.1) is 11.0 Å². The van der Waals surface area contributed by atoms with E-state index < -0.39 is 0 Å². The Morgan fingerprint density at radius 2 is 2.14 bits per heavy atom. The highest BCUT2D eigenvalue weighted by atomic mass is 16.6. The molecule has 1 aliphatic heterocycles. The molecule has 1 N–H and O–H groups in total. The van der Waals surface area contributed by atoms with Crippen molar-refractivity contribution in [3.05, 3.63) is 39.4 Å². The van der Waals surface area contributed by atoms with E-state index >= 15 is 0 Å². The van der Waals surface area contributed by atoms with Crippen LogP contribution in [0.15, 0.2) is 18.2 Å². The maximum Gasteiger partial charge on any atom is 0.272 e. The first-order valence-electron chi connectivity index (χ1n) is 7.36. The molecule has 0 spiro atoms. The molecule has 1 saturated carbocycles. The number of hydrogen-bond donors (Lipinski definition) is 1. The summed E-state index contributed by atoms with van der Waals surface area (Å²) in [6.07, 6.45) is 2.53. The number of amides is 1. The van der Waals surface area contributed by atoms with Crippen LogP contribution < -0.4 is 5.32 Å². The van der Waals surface area contributed by atoms with Crippen LogP contribution in [0.1, 0.15) is 43.5 Å². The number of nitro groups is 1. The highest BCUT2D eigenvalue weighted by molar-refractivity contribution is 5.85. The van der Waals surface area contributed by atoms with Gasteiger partial charge in [-0.25, -0.2) is 0 Å². The first kappa shape index (κ1) is 14.0. The van der Waals surface area contributed by atoms with Crippen molar-refractivity contribution in [3.63, 3.8) is 0 Å². The van der Waals surface area contributed by atoms with Gasteiger partial charge in [-0.15, -0.1) is 0 Å². The number of nitro benzene ring substituents is 1. The molecule has 1 aliphatic carbocycles. The lowest BCUT2D eigenvalue weighted by Gasteiger charge is -2.24. The number of rotatable bonds is 4. The number of nitrogens with zero attached hydrogens (tertiary/aromatic N) is 2. The van der Waals surface area contributed by atoms with Crippen molar-refractivity contribution in [1.29, 1.82) is 0 Å². The Balaban J connectivity index is 1.96. The highest BCUT2D eigenvalue weighted by Crippen LogP contribution is 2.38. The third-order valence-electron chi connectivity index (χ3n) is 4.28. The SMILES string of the molecule is CCC1NC(c2ccc(C)c([N+](=O)[O-])c2)N(C2CC2)C1=O. The lowest BCUT2D eigenvalue weighted by molar-refractivity contribution is -0.385. The molecule has 0 aromatic heterocycles. The third kappa shape index (κ3) is 2.40. The molecule has 1 heterocycles. The van der Waals surface area contributed by atoms with E-state index in [0.29, 0.717) is 5.56 Å². The van der Waals surface area contributed by atoms with E-state index in [1.807, 2.05) is 17.9 Å². The van der Waals surface area contributed by atoms with Gasteiger partial charge in [0.15, 0.2) is 0 Å². The van der Waals surface area contributed by atoms with Crippen LogP contribution in [-0.4, -0.2) is 27.8 Å². The van der Waals surface area contributed by atoms with Gasteiger partial charge in [-0.05, 0) is 31.7 Å². The molecule has 0 bridgehead atoms. The Labute approximate surface area is 123 Å². The van der Waals surface area contributed by atoms with Crippen molar-refractivity contribution in [2.45, 2.75) is 51.4 Å². The van der Waals surface area contributed by atoms with Crippen molar-refractivity contribution in [3.8, 4) is 0 Å². The van der Waals surface area contributed by atoms with Crippen LogP contribution in [0.4, 0.5) is 5.69 Å². The molecule has 1 amide bonds. The van der Waals surface area contributed by atoms with Crippen LogP contribution in [0.5, 0.6) is 0 Å². The number of carbonyl (C=O) groups is 1. The average molecular weight is 289 g/mol. The van der Waals surface area contributed by atoms with E-state index in [2.05, 4.69) is 5.32 Å². The minimum atomic E-state index is -0.367. The molecule has 0 radical (unpaired) electrons. The molecule has 6 heteroatoms. The standard InChI is InChI=1S/C15H19N3O3/c1-3-12-15(19)17(11-6-7-11)14(16-12)10-5-4-9(2)13(8-10)18(20)21/h4-5,8,11-12,14,16H,3,6-7H2,1-2H3. The molecule has 2 aliphatic rings. The van der Waals surface area contributed by atoms with E-state index in [9.17, 15) is 14.9 Å². The van der Waals surface area contributed by atoms with Gasteiger partial charge in [-0.1, -0.05) is 19.1 Å². The van der Waals surface area contributed by atoms with Crippen molar-refractivity contribution in [2.24, 2.45) is 0 Å². The monoisotopic (exact) mass is 289 g/mol. The fourth-order valence-electron chi connectivity index (χ4n) is 2.94. The van der Waals surface area contributed by atoms with Crippen LogP contribution in [0.3, 0.4) is 0 Å². The molecule has 3 rings (SSSR count). The van der Waals surface area contributed by atoms with Gasteiger partial charge in [0.1, 0.15) is 6.17 Å². The second-order valence-electron chi connectivity index (χ2n) is 5.81. The quantitative estimate of drug-likeness (QED) is 0.681. The van der Waals surface area contributed by atoms with Crippen molar-refractivity contribution in [1.82, 2.24) is 10.2 Å². The van der Waals surface area contributed by atoms with Crippen LogP contribution in [-0.2, 0) is 4.79 Å². The van der Waals surface area contributed by atoms with Crippen molar-refractivity contribution in [2.75, 3.05) is 0 Å². The molecule has 1 saturated heterocycles. The van der Waals surface area contributed by atoms with Gasteiger partial charge in [0.25, 0.3) is 5.69 Å². The zero-order chi connectivity index (χ0) is 15.1. The van der Waals surface area contributed by atoms with Crippen LogP contribution in [0.2, 0.25) is 0 Å². The first-order valence-corrected chi connectivity index (χ1v) is 7.36. The van der Waals surface area contributed by atoms with Gasteiger partial charge < -0.3 is 4.90 Å². The smallest absolute Gasteiger partial charge is 0.272 e. The minimum absolute atomic E-state index is 0.109. The number of carbonyl (C=O) groups excluding carboxylic acids is 1. The molecule has 21 heavy (non-hydrogen) atoms. The Kier molecular flexibility index (Phi) is 3.41. The second-order valence-corrected chi connectivity index (χ2v) is 5.81. The summed E-state index contributed by atoms with van der Waals surface area (Å²) in [6.45, 7) is 3.70. The molecule has 2 atom stereocenters. The predicted molar refractivity (Wildman–Crippen MR) is 77.7 cm³/mol. The summed E-state index contributed by atoms with van der Waals surface area (Å²) < 4.78 is 0. The number of benzene rings is 1. The summed E-state index contributed by atoms with van der Waals surface area (Å²) in [7, 11) is 0. The number of hydrogen-bond acceptors (Lipinski definition) is 4. The minimum Gasteiger partial charge on any atom is -0.319 e. The molecule has 1 aromatic carbocycles. The topological polar surface area (TPSA) is 75.5 Å². The summed E-state index contributed by atoms with van der Waals surface area (Å²) in [6, 6.07) is 5.32. The summed E-state index contributed by atoms with van der Waals surface area (Å²) in [5.74, 6) is 0.119. The fourth-order valence-corrected chi connectivity index (χ4v) is 2.94. The Bertz CT molecular complexity index is 598. The van der Waals surface area contributed by atoms with Crippen molar-refractivity contribution >= 4 is 11.6 Å². The van der Waals surface area contributed by atoms with Crippen molar-refractivity contribution < 1.29 is 9.72 Å². The number of nitrogens with one attached hydrogen (secondary N) is 1. The molecule has 2 fully saturated rings. The van der Waals surface area contributed by atoms with Gasteiger partial charge in [0, 0.05) is 17.7 Å². The largest absolute Gasteiger partial charge is 0.319 e. The van der Waals surface area contributed by atoms with E-state index in [0.717, 1.165) is 24.8 Å². The number of aryl methyl sites for hydroxylation is 1. The molecule has 6 nitrogen and oxygen atoms in total. The van der Waals surface area contributed by atoms with Gasteiger partial charge in [0.2, 0.25) is 5.91 Å². The zero-order valence-electron chi connectivity index (χ0n) is 12.2. The molecule has 1 aromatic rings. The normalized spacial score (nSPS) is 25.4. The molecule has 2 unspecified atom stereocenters. The Morgan fingerprint density at radius 1 is 1.43 bits per heavy atom. The summed E-state index contributed by atoms with van der Waals surface area (Å²) in [5.41, 5.74) is 1.54. The maximum atomic E-state index is 12.4. The summed E-state index contributed by atoms with van der Waals surface area (Å²) in [5, 5.41) is 14.4. The predicted octanol–water partition coefficient (Wildman–Crippen LogP) is 2.27. The van der Waals surface area contributed by atoms with Crippen LogP contribution in [0.25, 0.3) is 0 Å². The molecule has 112 valence electrons. The Morgan fingerprint density at radius 3 is 2.71 bits per heavy atom. The van der Waals surface area contributed by atoms with E-state index in [-0.39, 0.29) is 34.8 Å². The lowest BCUT2D eigenvalue weighted by atomic mass is 10.1.